The van der Waals surface area contributed by atoms with Crippen LogP contribution in [0.15, 0.2) is 49.3 Å². The Morgan fingerprint density at radius 1 is 0.793 bits per heavy atom. The highest BCUT2D eigenvalue weighted by Crippen LogP contribution is 2.35. The summed E-state index contributed by atoms with van der Waals surface area (Å²) in [6.45, 7) is 0. The van der Waals surface area contributed by atoms with Crippen LogP contribution < -0.4 is 0 Å². The minimum atomic E-state index is -1.06. The van der Waals surface area contributed by atoms with Crippen molar-refractivity contribution in [3.8, 4) is 11.5 Å². The molecular formula is C19H13Br3O7. The van der Waals surface area contributed by atoms with Crippen LogP contribution in [0.4, 0.5) is 0 Å². The van der Waals surface area contributed by atoms with Crippen molar-refractivity contribution >= 4 is 71.1 Å². The standard InChI is InChI=1S/C19H13Br3O7/c1-28-18(26)14(8-3-4-13(23)10(20)5-8)15(19(27)29-2)16(24)9-6-11(21)17(25)12(22)7-9/h3-7,23,25H,1-2H3/b15-14+. The summed E-state index contributed by atoms with van der Waals surface area (Å²) in [7, 11) is 2.17. The zero-order valence-electron chi connectivity index (χ0n) is 15.0. The van der Waals surface area contributed by atoms with Crippen molar-refractivity contribution in [1.82, 2.24) is 0 Å². The number of carbonyl (C=O) groups is 3. The van der Waals surface area contributed by atoms with Gasteiger partial charge >= 0.3 is 11.9 Å². The van der Waals surface area contributed by atoms with Crippen LogP contribution in [-0.2, 0) is 19.1 Å². The van der Waals surface area contributed by atoms with Gasteiger partial charge in [0.1, 0.15) is 17.1 Å². The van der Waals surface area contributed by atoms with Crippen molar-refractivity contribution in [2.75, 3.05) is 14.2 Å². The predicted octanol–water partition coefficient (Wildman–Crippen LogP) is 4.37. The van der Waals surface area contributed by atoms with Gasteiger partial charge in [0.25, 0.3) is 0 Å². The minimum absolute atomic E-state index is 0.00111. The van der Waals surface area contributed by atoms with Crippen LogP contribution in [0.1, 0.15) is 15.9 Å². The quantitative estimate of drug-likeness (QED) is 0.174. The van der Waals surface area contributed by atoms with Gasteiger partial charge in [0.2, 0.25) is 5.78 Å². The van der Waals surface area contributed by atoms with E-state index in [-0.39, 0.29) is 41.6 Å². The van der Waals surface area contributed by atoms with Crippen LogP contribution in [0, 0.1) is 0 Å². The summed E-state index contributed by atoms with van der Waals surface area (Å²) >= 11 is 9.37. The van der Waals surface area contributed by atoms with Crippen LogP contribution >= 0.6 is 47.8 Å². The number of ketones is 1. The van der Waals surface area contributed by atoms with Gasteiger partial charge in [-0.3, -0.25) is 4.79 Å². The van der Waals surface area contributed by atoms with Crippen LogP contribution in [0.3, 0.4) is 0 Å². The third kappa shape index (κ3) is 4.88. The zero-order chi connectivity index (χ0) is 21.9. The number of methoxy groups -OCH3 is 2. The lowest BCUT2D eigenvalue weighted by Crippen LogP contribution is -2.21. The van der Waals surface area contributed by atoms with Gasteiger partial charge in [0.05, 0.1) is 33.2 Å². The van der Waals surface area contributed by atoms with Gasteiger partial charge in [-0.05, 0) is 77.6 Å². The predicted molar refractivity (Wildman–Crippen MR) is 115 cm³/mol. The lowest BCUT2D eigenvalue weighted by molar-refractivity contribution is -0.137. The summed E-state index contributed by atoms with van der Waals surface area (Å²) < 4.78 is 10.1. The number of rotatable bonds is 5. The van der Waals surface area contributed by atoms with Crippen LogP contribution in [0.2, 0.25) is 0 Å². The SMILES string of the molecule is COC(=O)/C(C(=O)c1cc(Br)c(O)c(Br)c1)=C(/C(=O)OC)c1ccc(O)c(Br)c1. The lowest BCUT2D eigenvalue weighted by atomic mass is 9.93. The molecule has 29 heavy (non-hydrogen) atoms. The Hall–Kier alpha value is -2.17. The van der Waals surface area contributed by atoms with Gasteiger partial charge in [-0.1, -0.05) is 6.07 Å². The molecule has 0 fully saturated rings. The van der Waals surface area contributed by atoms with Gasteiger partial charge in [-0.25, -0.2) is 9.59 Å². The average molecular weight is 593 g/mol. The number of carbonyl (C=O) groups excluding carboxylic acids is 3. The van der Waals surface area contributed by atoms with E-state index in [0.29, 0.717) is 0 Å². The van der Waals surface area contributed by atoms with Gasteiger partial charge in [0.15, 0.2) is 0 Å². The second-order valence-electron chi connectivity index (χ2n) is 5.52. The Kier molecular flexibility index (Phi) is 7.61. The number of phenols is 2. The third-order valence-electron chi connectivity index (χ3n) is 3.77. The summed E-state index contributed by atoms with van der Waals surface area (Å²) in [5, 5.41) is 19.6. The Morgan fingerprint density at radius 2 is 1.31 bits per heavy atom. The highest BCUT2D eigenvalue weighted by Gasteiger charge is 2.31. The minimum Gasteiger partial charge on any atom is -0.507 e. The van der Waals surface area contributed by atoms with Gasteiger partial charge in [0, 0.05) is 5.56 Å². The number of aromatic hydroxyl groups is 2. The molecule has 0 spiro atoms. The molecule has 2 N–H and O–H groups in total. The molecule has 152 valence electrons. The number of ether oxygens (including phenoxy) is 2. The van der Waals surface area contributed by atoms with E-state index in [1.165, 1.54) is 30.3 Å². The fourth-order valence-corrected chi connectivity index (χ4v) is 3.95. The van der Waals surface area contributed by atoms with Gasteiger partial charge in [-0.15, -0.1) is 0 Å². The van der Waals surface area contributed by atoms with E-state index < -0.39 is 23.3 Å². The molecule has 0 saturated carbocycles. The highest BCUT2D eigenvalue weighted by atomic mass is 79.9. The molecule has 2 aromatic rings. The maximum Gasteiger partial charge on any atom is 0.342 e. The molecule has 0 aliphatic rings. The lowest BCUT2D eigenvalue weighted by Gasteiger charge is -2.13. The summed E-state index contributed by atoms with van der Waals surface area (Å²) in [6, 6.07) is 6.60. The number of esters is 2. The van der Waals surface area contributed by atoms with Crippen molar-refractivity contribution < 1.29 is 34.1 Å². The number of hydrogen-bond acceptors (Lipinski definition) is 7. The van der Waals surface area contributed by atoms with E-state index in [2.05, 4.69) is 47.8 Å². The first kappa shape index (κ1) is 23.1. The number of hydrogen-bond donors (Lipinski definition) is 2. The molecular weight excluding hydrogens is 580 g/mol. The summed E-state index contributed by atoms with van der Waals surface area (Å²) in [4.78, 5) is 38.2. The van der Waals surface area contributed by atoms with Crippen LogP contribution in [0.5, 0.6) is 11.5 Å². The Labute approximate surface area is 190 Å². The molecule has 10 heteroatoms. The van der Waals surface area contributed by atoms with Gasteiger partial charge in [-0.2, -0.15) is 0 Å². The van der Waals surface area contributed by atoms with Crippen molar-refractivity contribution in [1.29, 1.82) is 0 Å². The first-order valence-electron chi connectivity index (χ1n) is 7.74. The number of phenolic OH excluding ortho intramolecular Hbond substituents is 2. The molecule has 0 amide bonds. The number of halogens is 3. The Bertz CT molecular complexity index is 1020. The topological polar surface area (TPSA) is 110 Å². The van der Waals surface area contributed by atoms with E-state index in [9.17, 15) is 24.6 Å². The third-order valence-corrected chi connectivity index (χ3v) is 5.62. The Balaban J connectivity index is 2.84. The fraction of sp³-hybridized carbons (Fsp3) is 0.105. The van der Waals surface area contributed by atoms with Crippen LogP contribution in [-0.4, -0.2) is 42.2 Å². The monoisotopic (exact) mass is 590 g/mol. The average Bonchev–Trinajstić information content (AvgIpc) is 2.70. The normalized spacial score (nSPS) is 11.5. The fourth-order valence-electron chi connectivity index (χ4n) is 2.38. The molecule has 0 radical (unpaired) electrons. The van der Waals surface area contributed by atoms with Crippen LogP contribution in [0.25, 0.3) is 5.57 Å². The first-order valence-corrected chi connectivity index (χ1v) is 10.1. The second kappa shape index (κ2) is 9.55. The van der Waals surface area contributed by atoms with Crippen molar-refractivity contribution in [3.63, 3.8) is 0 Å². The molecule has 0 saturated heterocycles. The molecule has 0 aliphatic heterocycles. The van der Waals surface area contributed by atoms with E-state index >= 15 is 0 Å². The molecule has 7 nitrogen and oxygen atoms in total. The molecule has 0 atom stereocenters. The van der Waals surface area contributed by atoms with Gasteiger partial charge < -0.3 is 19.7 Å². The van der Waals surface area contributed by atoms with E-state index in [0.717, 1.165) is 14.2 Å². The molecule has 2 rings (SSSR count). The van der Waals surface area contributed by atoms with Crippen molar-refractivity contribution in [2.24, 2.45) is 0 Å². The maximum absolute atomic E-state index is 13.2. The molecule has 2 aromatic carbocycles. The molecule has 0 unspecified atom stereocenters. The highest BCUT2D eigenvalue weighted by molar-refractivity contribution is 9.11. The summed E-state index contributed by atoms with van der Waals surface area (Å²) in [6.07, 6.45) is 0. The van der Waals surface area contributed by atoms with E-state index in [1.54, 1.807) is 0 Å². The van der Waals surface area contributed by atoms with Crippen molar-refractivity contribution in [2.45, 2.75) is 0 Å². The summed E-state index contributed by atoms with van der Waals surface area (Å²) in [5.74, 6) is -3.08. The van der Waals surface area contributed by atoms with Crippen molar-refractivity contribution in [3.05, 3.63) is 60.5 Å². The zero-order valence-corrected chi connectivity index (χ0v) is 19.7. The number of Topliss-reactive ketones (excluding diaryl/α,β-unsaturated/α-hetero) is 1. The Morgan fingerprint density at radius 3 is 1.79 bits per heavy atom. The smallest absolute Gasteiger partial charge is 0.342 e. The maximum atomic E-state index is 13.2. The second-order valence-corrected chi connectivity index (χ2v) is 8.08. The van der Waals surface area contributed by atoms with E-state index in [4.69, 9.17) is 9.47 Å². The number of benzene rings is 2. The largest absolute Gasteiger partial charge is 0.507 e. The summed E-state index contributed by atoms with van der Waals surface area (Å²) in [5.41, 5.74) is -0.764. The molecule has 0 aliphatic carbocycles. The van der Waals surface area contributed by atoms with E-state index in [1.807, 2.05) is 0 Å². The first-order chi connectivity index (χ1) is 13.6. The molecule has 0 heterocycles. The molecule has 0 aromatic heterocycles. The molecule has 0 bridgehead atoms.